The highest BCUT2D eigenvalue weighted by molar-refractivity contribution is 6.06. The summed E-state index contributed by atoms with van der Waals surface area (Å²) >= 11 is 0. The highest BCUT2D eigenvalue weighted by Crippen LogP contribution is 2.02. The first kappa shape index (κ1) is 12.3. The third-order valence-electron chi connectivity index (χ3n) is 2.01. The number of ketones is 1. The molecule has 0 heterocycles. The van der Waals surface area contributed by atoms with E-state index in [0.717, 1.165) is 0 Å². The van der Waals surface area contributed by atoms with Gasteiger partial charge in [0.25, 0.3) is 0 Å². The first-order valence-corrected chi connectivity index (χ1v) is 4.13. The summed E-state index contributed by atoms with van der Waals surface area (Å²) in [5.41, 5.74) is 0. The molecule has 0 rings (SSSR count). The Morgan fingerprint density at radius 2 is 1.93 bits per heavy atom. The molecule has 0 aromatic heterocycles. The van der Waals surface area contributed by atoms with Crippen molar-refractivity contribution in [2.45, 2.75) is 20.8 Å². The van der Waals surface area contributed by atoms with Gasteiger partial charge in [-0.05, 0) is 20.8 Å². The van der Waals surface area contributed by atoms with E-state index in [1.54, 1.807) is 6.19 Å². The third kappa shape index (κ3) is 2.98. The largest absolute Gasteiger partial charge is 0.302 e. The summed E-state index contributed by atoms with van der Waals surface area (Å²) in [7, 11) is 1.48. The van der Waals surface area contributed by atoms with Crippen molar-refractivity contribution in [3.63, 3.8) is 0 Å². The zero-order valence-corrected chi connectivity index (χ0v) is 8.74. The van der Waals surface area contributed by atoms with Crippen LogP contribution in [0.5, 0.6) is 0 Å². The Hall–Kier alpha value is -1.70. The Bertz CT molecular complexity index is 315. The number of hydrogen-bond acceptors (Lipinski definition) is 4. The molecular weight excluding hydrogens is 182 g/mol. The maximum Gasteiger partial charge on any atom is 0.237 e. The molecule has 0 saturated heterocycles. The summed E-state index contributed by atoms with van der Waals surface area (Å²) in [6.45, 7) is 4.42. The molecule has 0 saturated carbocycles. The number of Topliss-reactive ketones (excluding diaryl/α,β-unsaturated/α-hetero) is 1. The number of nitriles is 1. The molecule has 0 aliphatic rings. The van der Waals surface area contributed by atoms with Crippen LogP contribution in [-0.4, -0.2) is 29.5 Å². The van der Waals surface area contributed by atoms with Gasteiger partial charge >= 0.3 is 0 Å². The minimum atomic E-state index is -0.691. The smallest absolute Gasteiger partial charge is 0.237 e. The molecule has 0 fully saturated rings. The van der Waals surface area contributed by atoms with E-state index in [9.17, 15) is 9.59 Å². The maximum atomic E-state index is 11.5. The molecule has 1 amide bonds. The monoisotopic (exact) mass is 195 g/mol. The van der Waals surface area contributed by atoms with Gasteiger partial charge in [-0.3, -0.25) is 9.59 Å². The summed E-state index contributed by atoms with van der Waals surface area (Å²) in [4.78, 5) is 27.0. The molecule has 1 atom stereocenters. The first-order chi connectivity index (χ1) is 6.41. The van der Waals surface area contributed by atoms with Crippen LogP contribution in [0, 0.1) is 17.4 Å². The van der Waals surface area contributed by atoms with Crippen molar-refractivity contribution in [1.29, 1.82) is 5.26 Å². The molecule has 0 spiro atoms. The van der Waals surface area contributed by atoms with E-state index in [4.69, 9.17) is 5.26 Å². The Morgan fingerprint density at radius 1 is 1.43 bits per heavy atom. The van der Waals surface area contributed by atoms with E-state index >= 15 is 0 Å². The van der Waals surface area contributed by atoms with Crippen LogP contribution in [0.1, 0.15) is 20.8 Å². The highest BCUT2D eigenvalue weighted by atomic mass is 16.2. The van der Waals surface area contributed by atoms with Gasteiger partial charge in [0.05, 0.1) is 5.92 Å². The molecule has 0 aromatic carbocycles. The summed E-state index contributed by atoms with van der Waals surface area (Å²) < 4.78 is 0. The predicted molar refractivity (Wildman–Crippen MR) is 51.3 cm³/mol. The molecule has 1 unspecified atom stereocenters. The fraction of sp³-hybridized carbons (Fsp3) is 0.556. The first-order valence-electron chi connectivity index (χ1n) is 4.13. The molecule has 5 nitrogen and oxygen atoms in total. The number of rotatable bonds is 2. The average molecular weight is 195 g/mol. The van der Waals surface area contributed by atoms with Crippen molar-refractivity contribution in [3.8, 4) is 6.19 Å². The Labute approximate surface area is 83.0 Å². The summed E-state index contributed by atoms with van der Waals surface area (Å²) in [6, 6.07) is 0. The molecule has 0 N–H and O–H groups in total. The summed E-state index contributed by atoms with van der Waals surface area (Å²) in [5.74, 6) is -0.963. The number of nitrogens with zero attached hydrogens (tertiary/aromatic N) is 3. The molecule has 14 heavy (non-hydrogen) atoms. The topological polar surface area (TPSA) is 73.5 Å². The summed E-state index contributed by atoms with van der Waals surface area (Å²) in [5, 5.41) is 8.27. The lowest BCUT2D eigenvalue weighted by molar-refractivity contribution is -0.136. The number of amidine groups is 1. The van der Waals surface area contributed by atoms with E-state index in [1.807, 2.05) is 0 Å². The van der Waals surface area contributed by atoms with Crippen LogP contribution in [0.4, 0.5) is 0 Å². The van der Waals surface area contributed by atoms with E-state index < -0.39 is 5.92 Å². The SMILES string of the molecule is CC(=O)C(C)C(=O)N(C)C(C)=NC#N. The average Bonchev–Trinajstić information content (AvgIpc) is 2.14. The molecule has 0 radical (unpaired) electrons. The van der Waals surface area contributed by atoms with Gasteiger partial charge < -0.3 is 4.90 Å². The number of carbonyl (C=O) groups excluding carboxylic acids is 2. The fourth-order valence-corrected chi connectivity index (χ4v) is 0.771. The van der Waals surface area contributed by atoms with E-state index in [2.05, 4.69) is 4.99 Å². The van der Waals surface area contributed by atoms with Crippen LogP contribution in [0.15, 0.2) is 4.99 Å². The minimum absolute atomic E-state index is 0.202. The van der Waals surface area contributed by atoms with Crippen LogP contribution in [0.2, 0.25) is 0 Å². The maximum absolute atomic E-state index is 11.5. The lowest BCUT2D eigenvalue weighted by Crippen LogP contribution is -2.37. The van der Waals surface area contributed by atoms with Crippen LogP contribution in [0.3, 0.4) is 0 Å². The lowest BCUT2D eigenvalue weighted by atomic mass is 10.1. The number of carbonyl (C=O) groups is 2. The molecule has 0 aliphatic carbocycles. The quantitative estimate of drug-likeness (QED) is 0.280. The number of hydrogen-bond donors (Lipinski definition) is 0. The van der Waals surface area contributed by atoms with Crippen molar-refractivity contribution in [2.75, 3.05) is 7.05 Å². The van der Waals surface area contributed by atoms with Crippen molar-refractivity contribution in [2.24, 2.45) is 10.9 Å². The van der Waals surface area contributed by atoms with Gasteiger partial charge in [-0.1, -0.05) is 0 Å². The zero-order valence-electron chi connectivity index (χ0n) is 8.74. The third-order valence-corrected chi connectivity index (χ3v) is 2.01. The van der Waals surface area contributed by atoms with Gasteiger partial charge in [-0.25, -0.2) is 0 Å². The second kappa shape index (κ2) is 5.12. The van der Waals surface area contributed by atoms with E-state index in [1.165, 1.54) is 32.7 Å². The van der Waals surface area contributed by atoms with Gasteiger partial charge in [0.2, 0.25) is 12.1 Å². The Morgan fingerprint density at radius 3 is 2.29 bits per heavy atom. The standard InChI is InChI=1S/C9H13N3O2/c1-6(7(2)13)9(14)12(4)8(3)11-5-10/h6H,1-4H3. The second-order valence-corrected chi connectivity index (χ2v) is 2.99. The predicted octanol–water partition coefficient (Wildman–Crippen LogP) is 0.569. The van der Waals surface area contributed by atoms with Gasteiger partial charge in [0.15, 0.2) is 0 Å². The van der Waals surface area contributed by atoms with E-state index in [0.29, 0.717) is 0 Å². The van der Waals surface area contributed by atoms with Gasteiger partial charge in [-0.2, -0.15) is 10.3 Å². The molecule has 0 aromatic rings. The molecule has 5 heteroatoms. The normalized spacial score (nSPS) is 12.9. The second-order valence-electron chi connectivity index (χ2n) is 2.99. The van der Waals surface area contributed by atoms with Crippen molar-refractivity contribution in [3.05, 3.63) is 0 Å². The Balaban J connectivity index is 4.65. The van der Waals surface area contributed by atoms with Crippen LogP contribution >= 0.6 is 0 Å². The van der Waals surface area contributed by atoms with Crippen LogP contribution in [-0.2, 0) is 9.59 Å². The van der Waals surface area contributed by atoms with Crippen LogP contribution in [0.25, 0.3) is 0 Å². The van der Waals surface area contributed by atoms with E-state index in [-0.39, 0.29) is 17.5 Å². The highest BCUT2D eigenvalue weighted by Gasteiger charge is 2.22. The lowest BCUT2D eigenvalue weighted by Gasteiger charge is -2.18. The Kier molecular flexibility index (Phi) is 4.50. The number of amides is 1. The van der Waals surface area contributed by atoms with Crippen molar-refractivity contribution < 1.29 is 9.59 Å². The molecule has 0 aliphatic heterocycles. The fourth-order valence-electron chi connectivity index (χ4n) is 0.771. The molecule has 76 valence electrons. The van der Waals surface area contributed by atoms with Crippen molar-refractivity contribution in [1.82, 2.24) is 4.90 Å². The van der Waals surface area contributed by atoms with Crippen LogP contribution < -0.4 is 0 Å². The zero-order chi connectivity index (χ0) is 11.3. The minimum Gasteiger partial charge on any atom is -0.302 e. The molecule has 0 bridgehead atoms. The van der Waals surface area contributed by atoms with Gasteiger partial charge in [0, 0.05) is 7.05 Å². The van der Waals surface area contributed by atoms with Crippen molar-refractivity contribution >= 4 is 17.5 Å². The number of aliphatic imine (C=N–C) groups is 1. The van der Waals surface area contributed by atoms with Gasteiger partial charge in [0.1, 0.15) is 11.6 Å². The summed E-state index contributed by atoms with van der Waals surface area (Å²) in [6.07, 6.45) is 1.58. The molecular formula is C9H13N3O2. The van der Waals surface area contributed by atoms with Gasteiger partial charge in [-0.15, -0.1) is 0 Å².